The SMILES string of the molecule is C[N@+]1(CC(=O)OC(I)c2ccccc2)CCC(C(C(N)=O)(c2ccccc2)c2ccccc2)C1. The maximum Gasteiger partial charge on any atom is 0.363 e. The summed E-state index contributed by atoms with van der Waals surface area (Å²) in [5, 5.41) is 0. The Morgan fingerprint density at radius 3 is 1.97 bits per heavy atom. The van der Waals surface area contributed by atoms with Crippen LogP contribution < -0.4 is 5.73 Å². The summed E-state index contributed by atoms with van der Waals surface area (Å²) < 4.78 is 5.91. The zero-order valence-corrected chi connectivity index (χ0v) is 21.4. The topological polar surface area (TPSA) is 69.4 Å². The molecular weight excluding hydrogens is 539 g/mol. The van der Waals surface area contributed by atoms with E-state index in [1.54, 1.807) is 0 Å². The number of carbonyl (C=O) groups excluding carboxylic acids is 2. The molecule has 3 aromatic rings. The Morgan fingerprint density at radius 2 is 1.47 bits per heavy atom. The molecule has 1 fully saturated rings. The summed E-state index contributed by atoms with van der Waals surface area (Å²) in [6, 6.07) is 29.3. The molecule has 0 saturated carbocycles. The van der Waals surface area contributed by atoms with E-state index in [2.05, 4.69) is 29.6 Å². The van der Waals surface area contributed by atoms with E-state index in [0.29, 0.717) is 11.0 Å². The highest BCUT2D eigenvalue weighted by atomic mass is 127. The first kappa shape index (κ1) is 24.4. The average Bonchev–Trinajstić information content (AvgIpc) is 3.22. The maximum atomic E-state index is 13.3. The highest BCUT2D eigenvalue weighted by molar-refractivity contribution is 14.1. The first-order valence-electron chi connectivity index (χ1n) is 11.5. The van der Waals surface area contributed by atoms with Gasteiger partial charge in [0.15, 0.2) is 10.7 Å². The number of likely N-dealkylation sites (N-methyl/N-ethyl adjacent to an activating group) is 1. The molecule has 1 aliphatic rings. The molecule has 0 spiro atoms. The van der Waals surface area contributed by atoms with Gasteiger partial charge in [0, 0.05) is 17.9 Å². The molecule has 0 radical (unpaired) electrons. The van der Waals surface area contributed by atoms with Crippen LogP contribution in [-0.4, -0.2) is 43.0 Å². The predicted molar refractivity (Wildman–Crippen MR) is 141 cm³/mol. The van der Waals surface area contributed by atoms with E-state index in [9.17, 15) is 9.59 Å². The zero-order valence-electron chi connectivity index (χ0n) is 19.3. The van der Waals surface area contributed by atoms with Crippen molar-refractivity contribution in [2.24, 2.45) is 11.7 Å². The second-order valence-electron chi connectivity index (χ2n) is 9.29. The van der Waals surface area contributed by atoms with Crippen LogP contribution in [0.4, 0.5) is 0 Å². The minimum absolute atomic E-state index is 0.0443. The number of nitrogens with zero attached hydrogens (tertiary/aromatic N) is 1. The summed E-state index contributed by atoms with van der Waals surface area (Å²) in [6.45, 7) is 1.67. The summed E-state index contributed by atoms with van der Waals surface area (Å²) in [6.07, 6.45) is 0.781. The van der Waals surface area contributed by atoms with Gasteiger partial charge >= 0.3 is 5.97 Å². The first-order valence-corrected chi connectivity index (χ1v) is 12.7. The molecule has 1 heterocycles. The van der Waals surface area contributed by atoms with Gasteiger partial charge in [0.2, 0.25) is 5.91 Å². The van der Waals surface area contributed by atoms with Gasteiger partial charge in [-0.2, -0.15) is 0 Å². The zero-order chi connectivity index (χ0) is 24.2. The van der Waals surface area contributed by atoms with E-state index in [-0.39, 0.29) is 28.4 Å². The number of quaternary nitrogens is 1. The fourth-order valence-electron chi connectivity index (χ4n) is 5.34. The molecule has 3 aromatic carbocycles. The molecule has 34 heavy (non-hydrogen) atoms. The molecule has 6 heteroatoms. The number of likely N-dealkylation sites (tertiary alicyclic amines) is 1. The van der Waals surface area contributed by atoms with Gasteiger partial charge in [0.1, 0.15) is 5.41 Å². The Kier molecular flexibility index (Phi) is 7.38. The van der Waals surface area contributed by atoms with Crippen molar-refractivity contribution < 1.29 is 18.8 Å². The number of alkyl halides is 1. The van der Waals surface area contributed by atoms with Gasteiger partial charge in [-0.3, -0.25) is 4.79 Å². The number of benzene rings is 3. The van der Waals surface area contributed by atoms with Crippen molar-refractivity contribution in [3.63, 3.8) is 0 Å². The molecular formula is C28H30IN2O3+. The number of carbonyl (C=O) groups is 2. The largest absolute Gasteiger partial charge is 0.443 e. The standard InChI is InChI=1S/C28H29IN2O3/c1-31(20-25(32)34-26(29)21-11-5-2-6-12-21)18-17-24(19-31)28(27(30)33,22-13-7-3-8-14-22)23-15-9-4-10-16-23/h2-16,24,26H,17-20H2,1H3,(H-,30,33)/p+1/t24?,26?,31-/m0/s1. The lowest BCUT2D eigenvalue weighted by molar-refractivity contribution is -0.892. The van der Waals surface area contributed by atoms with E-state index in [0.717, 1.165) is 29.7 Å². The van der Waals surface area contributed by atoms with E-state index >= 15 is 0 Å². The van der Waals surface area contributed by atoms with Gasteiger partial charge in [-0.15, -0.1) is 0 Å². The number of rotatable bonds is 8. The predicted octanol–water partition coefficient (Wildman–Crippen LogP) is 4.60. The number of ether oxygens (including phenoxy) is 1. The Labute approximate surface area is 214 Å². The van der Waals surface area contributed by atoms with Gasteiger partial charge < -0.3 is 15.0 Å². The molecule has 2 unspecified atom stereocenters. The van der Waals surface area contributed by atoms with Gasteiger partial charge in [-0.25, -0.2) is 4.79 Å². The molecule has 5 nitrogen and oxygen atoms in total. The van der Waals surface area contributed by atoms with Crippen molar-refractivity contribution in [3.05, 3.63) is 108 Å². The number of hydrogen-bond acceptors (Lipinski definition) is 3. The van der Waals surface area contributed by atoms with Gasteiger partial charge in [-0.1, -0.05) is 91.0 Å². The normalized spacial score (nSPS) is 21.1. The number of halogens is 1. The molecule has 2 N–H and O–H groups in total. The smallest absolute Gasteiger partial charge is 0.363 e. The quantitative estimate of drug-likeness (QED) is 0.187. The number of primary amides is 1. The fourth-order valence-corrected chi connectivity index (χ4v) is 6.04. The molecule has 1 aliphatic heterocycles. The van der Waals surface area contributed by atoms with Gasteiger partial charge in [0.25, 0.3) is 0 Å². The van der Waals surface area contributed by atoms with Crippen LogP contribution in [0.3, 0.4) is 0 Å². The molecule has 0 aliphatic carbocycles. The highest BCUT2D eigenvalue weighted by Crippen LogP contribution is 2.45. The summed E-state index contributed by atoms with van der Waals surface area (Å²) in [7, 11) is 2.06. The third-order valence-electron chi connectivity index (χ3n) is 6.95. The first-order chi connectivity index (χ1) is 16.3. The number of amides is 1. The fraction of sp³-hybridized carbons (Fsp3) is 0.286. The lowest BCUT2D eigenvalue weighted by Gasteiger charge is -2.38. The third kappa shape index (κ3) is 4.88. The van der Waals surface area contributed by atoms with Gasteiger partial charge in [-0.05, 0) is 33.7 Å². The third-order valence-corrected chi connectivity index (χ3v) is 7.92. The molecule has 176 valence electrons. The van der Waals surface area contributed by atoms with Crippen molar-refractivity contribution in [3.8, 4) is 0 Å². The maximum absolute atomic E-state index is 13.3. The molecule has 4 rings (SSSR count). The van der Waals surface area contributed by atoms with Crippen molar-refractivity contribution in [2.75, 3.05) is 26.7 Å². The van der Waals surface area contributed by atoms with Crippen molar-refractivity contribution in [2.45, 2.75) is 15.9 Å². The number of esters is 1. The molecule has 0 aromatic heterocycles. The Balaban J connectivity index is 1.58. The highest BCUT2D eigenvalue weighted by Gasteiger charge is 2.53. The molecule has 0 bridgehead atoms. The van der Waals surface area contributed by atoms with E-state index in [1.807, 2.05) is 91.0 Å². The lowest BCUT2D eigenvalue weighted by Crippen LogP contribution is -2.52. The minimum atomic E-state index is -0.960. The van der Waals surface area contributed by atoms with Crippen LogP contribution in [0.25, 0.3) is 0 Å². The van der Waals surface area contributed by atoms with Crippen molar-refractivity contribution in [1.82, 2.24) is 0 Å². The van der Waals surface area contributed by atoms with Crippen LogP contribution in [0.1, 0.15) is 27.2 Å². The van der Waals surface area contributed by atoms with E-state index in [4.69, 9.17) is 10.5 Å². The van der Waals surface area contributed by atoms with E-state index < -0.39 is 5.41 Å². The monoisotopic (exact) mass is 569 g/mol. The summed E-state index contributed by atoms with van der Waals surface area (Å²) in [5.74, 6) is -0.644. The van der Waals surface area contributed by atoms with Crippen LogP contribution in [-0.2, 0) is 19.7 Å². The van der Waals surface area contributed by atoms with Crippen LogP contribution in [0, 0.1) is 5.92 Å². The number of nitrogens with two attached hydrogens (primary N) is 1. The Bertz CT molecular complexity index is 1080. The van der Waals surface area contributed by atoms with Gasteiger partial charge in [0.05, 0.1) is 20.1 Å². The minimum Gasteiger partial charge on any atom is -0.443 e. The lowest BCUT2D eigenvalue weighted by atomic mass is 9.64. The second kappa shape index (κ2) is 10.3. The van der Waals surface area contributed by atoms with Crippen molar-refractivity contribution in [1.29, 1.82) is 0 Å². The summed E-state index contributed by atoms with van der Waals surface area (Å²) >= 11 is 2.14. The van der Waals surface area contributed by atoms with Crippen LogP contribution in [0.15, 0.2) is 91.0 Å². The molecule has 1 saturated heterocycles. The van der Waals surface area contributed by atoms with Crippen LogP contribution in [0.5, 0.6) is 0 Å². The van der Waals surface area contributed by atoms with E-state index in [1.165, 1.54) is 0 Å². The molecule has 1 amide bonds. The summed E-state index contributed by atoms with van der Waals surface area (Å²) in [5.41, 5.74) is 7.98. The average molecular weight is 569 g/mol. The summed E-state index contributed by atoms with van der Waals surface area (Å²) in [4.78, 5) is 26.2. The second-order valence-corrected chi connectivity index (χ2v) is 10.4. The Morgan fingerprint density at radius 1 is 0.971 bits per heavy atom. The van der Waals surface area contributed by atoms with Crippen molar-refractivity contribution >= 4 is 34.5 Å². The Hall–Kier alpha value is -2.71. The van der Waals surface area contributed by atoms with Crippen LogP contribution >= 0.6 is 22.6 Å². The van der Waals surface area contributed by atoms with Crippen LogP contribution in [0.2, 0.25) is 0 Å². The molecule has 3 atom stereocenters. The number of hydrogen-bond donors (Lipinski definition) is 1.